The zero-order valence-electron chi connectivity index (χ0n) is 14.8. The lowest BCUT2D eigenvalue weighted by atomic mass is 9.85. The number of nitrogens with one attached hydrogen (secondary N) is 1. The maximum atomic E-state index is 12.7. The first-order valence-electron chi connectivity index (χ1n) is 8.56. The number of carbonyl (C=O) groups is 2. The van der Waals surface area contributed by atoms with E-state index in [2.05, 4.69) is 5.32 Å². The van der Waals surface area contributed by atoms with Crippen molar-refractivity contribution in [2.75, 3.05) is 51.5 Å². The van der Waals surface area contributed by atoms with Crippen LogP contribution >= 0.6 is 11.8 Å². The highest BCUT2D eigenvalue weighted by Crippen LogP contribution is 2.40. The largest absolute Gasteiger partial charge is 0.383 e. The molecule has 3 rings (SSSR count). The molecule has 1 spiro atoms. The zero-order chi connectivity index (χ0) is 17.9. The number of amides is 3. The van der Waals surface area contributed by atoms with Crippen LogP contribution in [0.1, 0.15) is 12.8 Å². The van der Waals surface area contributed by atoms with E-state index in [1.807, 2.05) is 35.4 Å². The van der Waals surface area contributed by atoms with Gasteiger partial charge in [0.25, 0.3) is 0 Å². The molecule has 1 N–H and O–H groups in total. The number of rotatable bonds is 5. The first-order valence-corrected chi connectivity index (χ1v) is 9.79. The van der Waals surface area contributed by atoms with Crippen LogP contribution in [-0.2, 0) is 9.53 Å². The second-order valence-electron chi connectivity index (χ2n) is 6.65. The summed E-state index contributed by atoms with van der Waals surface area (Å²) in [5.74, 6) is 0.171. The molecule has 2 aliphatic rings. The molecule has 0 aliphatic carbocycles. The molecule has 3 amide bonds. The van der Waals surface area contributed by atoms with Gasteiger partial charge < -0.3 is 19.9 Å². The van der Waals surface area contributed by atoms with Gasteiger partial charge in [-0.15, -0.1) is 11.8 Å². The molecule has 1 atom stereocenters. The normalized spacial score (nSPS) is 22.9. The minimum Gasteiger partial charge on any atom is -0.383 e. The summed E-state index contributed by atoms with van der Waals surface area (Å²) in [6, 6.07) is 7.66. The van der Waals surface area contributed by atoms with Gasteiger partial charge in [0.15, 0.2) is 0 Å². The van der Waals surface area contributed by atoms with Crippen LogP contribution in [0.3, 0.4) is 0 Å². The van der Waals surface area contributed by atoms with E-state index >= 15 is 0 Å². The number of benzene rings is 1. The third-order valence-corrected chi connectivity index (χ3v) is 5.89. The van der Waals surface area contributed by atoms with Crippen LogP contribution in [0.4, 0.5) is 10.5 Å². The Labute approximate surface area is 152 Å². The second-order valence-corrected chi connectivity index (χ2v) is 7.53. The van der Waals surface area contributed by atoms with Crippen LogP contribution in [0, 0.1) is 5.41 Å². The number of hydrogen-bond acceptors (Lipinski definition) is 4. The van der Waals surface area contributed by atoms with Crippen LogP contribution in [0.2, 0.25) is 0 Å². The second kappa shape index (κ2) is 7.66. The van der Waals surface area contributed by atoms with Gasteiger partial charge in [-0.1, -0.05) is 0 Å². The Kier molecular flexibility index (Phi) is 5.54. The molecule has 1 unspecified atom stereocenters. The molecule has 1 aromatic carbocycles. The van der Waals surface area contributed by atoms with E-state index in [0.717, 1.165) is 30.0 Å². The molecule has 25 heavy (non-hydrogen) atoms. The number of urea groups is 1. The molecule has 1 aromatic rings. The van der Waals surface area contributed by atoms with Gasteiger partial charge in [-0.05, 0) is 43.4 Å². The number of hydrogen-bond donors (Lipinski definition) is 1. The minimum absolute atomic E-state index is 0.128. The summed E-state index contributed by atoms with van der Waals surface area (Å²) >= 11 is 1.67. The highest BCUT2D eigenvalue weighted by Gasteiger charge is 2.51. The van der Waals surface area contributed by atoms with Crippen molar-refractivity contribution in [3.63, 3.8) is 0 Å². The number of nitrogens with zero attached hydrogens (tertiary/aromatic N) is 2. The number of anilines is 1. The molecule has 0 saturated carbocycles. The molecule has 2 heterocycles. The third kappa shape index (κ3) is 3.77. The number of thioether (sulfide) groups is 1. The fraction of sp³-hybridized carbons (Fsp3) is 0.556. The van der Waals surface area contributed by atoms with E-state index in [9.17, 15) is 9.59 Å². The van der Waals surface area contributed by atoms with Crippen molar-refractivity contribution in [3.05, 3.63) is 24.3 Å². The fourth-order valence-corrected chi connectivity index (χ4v) is 4.02. The van der Waals surface area contributed by atoms with Gasteiger partial charge in [0.1, 0.15) is 0 Å². The fourth-order valence-electron chi connectivity index (χ4n) is 3.61. The average Bonchev–Trinajstić information content (AvgIpc) is 3.20. The summed E-state index contributed by atoms with van der Waals surface area (Å²) in [6.45, 7) is 3.07. The summed E-state index contributed by atoms with van der Waals surface area (Å²) < 4.78 is 5.08. The maximum Gasteiger partial charge on any atom is 0.321 e. The molecule has 0 radical (unpaired) electrons. The Balaban J connectivity index is 1.58. The SMILES string of the molecule is COCCN1CCC2(CCN(C(=O)Nc3ccc(SC)cc3)C2)C1=O. The summed E-state index contributed by atoms with van der Waals surface area (Å²) in [5.41, 5.74) is 0.386. The van der Waals surface area contributed by atoms with E-state index in [1.54, 1.807) is 23.8 Å². The Morgan fingerprint density at radius 2 is 2.00 bits per heavy atom. The highest BCUT2D eigenvalue weighted by atomic mass is 32.2. The van der Waals surface area contributed by atoms with Crippen LogP contribution < -0.4 is 5.32 Å². The van der Waals surface area contributed by atoms with Gasteiger partial charge in [0.2, 0.25) is 5.91 Å². The molecule has 7 heteroatoms. The van der Waals surface area contributed by atoms with E-state index in [-0.39, 0.29) is 11.9 Å². The number of carbonyl (C=O) groups excluding carboxylic acids is 2. The highest BCUT2D eigenvalue weighted by molar-refractivity contribution is 7.98. The summed E-state index contributed by atoms with van der Waals surface area (Å²) in [6.07, 6.45) is 3.59. The Morgan fingerprint density at radius 3 is 2.68 bits per heavy atom. The van der Waals surface area contributed by atoms with Crippen molar-refractivity contribution in [2.45, 2.75) is 17.7 Å². The van der Waals surface area contributed by atoms with E-state index < -0.39 is 5.41 Å². The van der Waals surface area contributed by atoms with Gasteiger partial charge in [0.05, 0.1) is 12.0 Å². The van der Waals surface area contributed by atoms with Crippen molar-refractivity contribution in [1.29, 1.82) is 0 Å². The van der Waals surface area contributed by atoms with Crippen molar-refractivity contribution in [1.82, 2.24) is 9.80 Å². The number of likely N-dealkylation sites (tertiary alicyclic amines) is 2. The van der Waals surface area contributed by atoms with Crippen molar-refractivity contribution in [2.24, 2.45) is 5.41 Å². The van der Waals surface area contributed by atoms with Crippen molar-refractivity contribution >= 4 is 29.4 Å². The molecule has 0 aromatic heterocycles. The molecule has 2 aliphatic heterocycles. The molecule has 0 bridgehead atoms. The van der Waals surface area contributed by atoms with E-state index in [4.69, 9.17) is 4.74 Å². The maximum absolute atomic E-state index is 12.7. The predicted molar refractivity (Wildman–Crippen MR) is 98.9 cm³/mol. The molecule has 6 nitrogen and oxygen atoms in total. The van der Waals surface area contributed by atoms with Gasteiger partial charge >= 0.3 is 6.03 Å². The smallest absolute Gasteiger partial charge is 0.321 e. The Morgan fingerprint density at radius 1 is 1.28 bits per heavy atom. The predicted octanol–water partition coefficient (Wildman–Crippen LogP) is 2.51. The monoisotopic (exact) mass is 363 g/mol. The van der Waals surface area contributed by atoms with Crippen LogP contribution in [0.25, 0.3) is 0 Å². The zero-order valence-corrected chi connectivity index (χ0v) is 15.6. The van der Waals surface area contributed by atoms with E-state index in [1.165, 1.54) is 0 Å². The molecule has 136 valence electrons. The summed E-state index contributed by atoms with van der Waals surface area (Å²) in [4.78, 5) is 30.1. The van der Waals surface area contributed by atoms with Gasteiger partial charge in [-0.2, -0.15) is 0 Å². The number of methoxy groups -OCH3 is 1. The van der Waals surface area contributed by atoms with Crippen molar-refractivity contribution in [3.8, 4) is 0 Å². The molecular weight excluding hydrogens is 338 g/mol. The van der Waals surface area contributed by atoms with Gasteiger partial charge in [-0.3, -0.25) is 4.79 Å². The van der Waals surface area contributed by atoms with Crippen LogP contribution in [0.5, 0.6) is 0 Å². The van der Waals surface area contributed by atoms with Crippen LogP contribution in [-0.4, -0.2) is 67.9 Å². The molecule has 2 saturated heterocycles. The molecular formula is C18H25N3O3S. The summed E-state index contributed by atoms with van der Waals surface area (Å²) in [5, 5.41) is 2.93. The Bertz CT molecular complexity index is 637. The lowest BCUT2D eigenvalue weighted by Crippen LogP contribution is -2.40. The Hall–Kier alpha value is -1.73. The van der Waals surface area contributed by atoms with Gasteiger partial charge in [0, 0.05) is 43.9 Å². The third-order valence-electron chi connectivity index (χ3n) is 5.15. The standard InChI is InChI=1S/C18H25N3O3S/c1-24-12-11-20-9-7-18(16(20)22)8-10-21(13-18)17(23)19-14-3-5-15(25-2)6-4-14/h3-6H,7-13H2,1-2H3,(H,19,23). The minimum atomic E-state index is -0.395. The van der Waals surface area contributed by atoms with Gasteiger partial charge in [-0.25, -0.2) is 4.79 Å². The van der Waals surface area contributed by atoms with Crippen molar-refractivity contribution < 1.29 is 14.3 Å². The average molecular weight is 363 g/mol. The first-order chi connectivity index (χ1) is 12.1. The lowest BCUT2D eigenvalue weighted by Gasteiger charge is -2.23. The topological polar surface area (TPSA) is 61.9 Å². The quantitative estimate of drug-likeness (QED) is 0.817. The number of ether oxygens (including phenoxy) is 1. The van der Waals surface area contributed by atoms with E-state index in [0.29, 0.717) is 26.2 Å². The molecule has 2 fully saturated rings. The summed E-state index contributed by atoms with van der Waals surface area (Å²) in [7, 11) is 1.64. The first kappa shape index (κ1) is 18.1. The lowest BCUT2D eigenvalue weighted by molar-refractivity contribution is -0.135. The van der Waals surface area contributed by atoms with Crippen LogP contribution in [0.15, 0.2) is 29.2 Å².